The van der Waals surface area contributed by atoms with Crippen molar-refractivity contribution in [1.29, 1.82) is 0 Å². The summed E-state index contributed by atoms with van der Waals surface area (Å²) in [4.78, 5) is 23.8. The second-order valence-electron chi connectivity index (χ2n) is 12.8. The Morgan fingerprint density at radius 3 is 1.68 bits per heavy atom. The molecule has 8 rings (SSSR count). The summed E-state index contributed by atoms with van der Waals surface area (Å²) in [5.41, 5.74) is 12.2. The number of aryl methyl sites for hydroxylation is 6. The van der Waals surface area contributed by atoms with Gasteiger partial charge in [0.05, 0.1) is 74.2 Å². The van der Waals surface area contributed by atoms with Crippen LogP contribution in [0.2, 0.25) is 0 Å². The number of ether oxygens (including phenoxy) is 2. The van der Waals surface area contributed by atoms with E-state index in [2.05, 4.69) is 65.7 Å². The molecule has 0 bridgehead atoms. The number of methoxy groups -OCH3 is 1. The van der Waals surface area contributed by atoms with Crippen LogP contribution in [-0.4, -0.2) is 40.8 Å². The molecule has 5 aromatic heterocycles. The van der Waals surface area contributed by atoms with Gasteiger partial charge in [-0.25, -0.2) is 24.9 Å². The van der Waals surface area contributed by atoms with E-state index in [1.165, 1.54) is 0 Å². The van der Waals surface area contributed by atoms with E-state index < -0.39 is 0 Å². The highest BCUT2D eigenvalue weighted by molar-refractivity contribution is 5.83. The number of rotatable bonds is 8. The third-order valence-electron chi connectivity index (χ3n) is 9.11. The summed E-state index contributed by atoms with van der Waals surface area (Å²) in [6.07, 6.45) is 4.05. The highest BCUT2D eigenvalue weighted by Gasteiger charge is 2.16. The SMILES string of the molecule is CCCc1nc(C)c2c(C)nc3cc(OC)ccc3n12.CCCc1nc(C)c2c(C)nc3cc(OCc4ccc5ccccc5n4)ccc3n12. The van der Waals surface area contributed by atoms with Crippen LogP contribution >= 0.6 is 0 Å². The van der Waals surface area contributed by atoms with Crippen LogP contribution in [0.25, 0.3) is 44.0 Å². The first-order valence-corrected chi connectivity index (χ1v) is 17.4. The van der Waals surface area contributed by atoms with E-state index in [0.717, 1.165) is 121 Å². The lowest BCUT2D eigenvalue weighted by Crippen LogP contribution is -2.01. The maximum atomic E-state index is 6.06. The molecule has 5 heterocycles. The van der Waals surface area contributed by atoms with E-state index in [0.29, 0.717) is 6.61 Å². The minimum absolute atomic E-state index is 0.419. The van der Waals surface area contributed by atoms with Gasteiger partial charge in [-0.2, -0.15) is 0 Å². The number of imidazole rings is 2. The molecule has 254 valence electrons. The normalized spacial score (nSPS) is 11.5. The van der Waals surface area contributed by atoms with Crippen LogP contribution in [0, 0.1) is 27.7 Å². The van der Waals surface area contributed by atoms with Gasteiger partial charge in [0.1, 0.15) is 29.8 Å². The molecular weight excluding hydrogens is 622 g/mol. The predicted molar refractivity (Wildman–Crippen MR) is 201 cm³/mol. The quantitative estimate of drug-likeness (QED) is 0.160. The highest BCUT2D eigenvalue weighted by atomic mass is 16.5. The van der Waals surface area contributed by atoms with Gasteiger partial charge in [-0.05, 0) is 76.9 Å². The van der Waals surface area contributed by atoms with Crippen LogP contribution in [0.5, 0.6) is 11.5 Å². The number of fused-ring (bicyclic) bond motifs is 7. The molecule has 9 nitrogen and oxygen atoms in total. The Labute approximate surface area is 292 Å². The number of pyridine rings is 1. The van der Waals surface area contributed by atoms with Crippen molar-refractivity contribution in [2.75, 3.05) is 7.11 Å². The van der Waals surface area contributed by atoms with Crippen molar-refractivity contribution in [3.05, 3.63) is 113 Å². The largest absolute Gasteiger partial charge is 0.497 e. The molecule has 50 heavy (non-hydrogen) atoms. The molecule has 0 unspecified atom stereocenters. The van der Waals surface area contributed by atoms with Crippen LogP contribution < -0.4 is 9.47 Å². The summed E-state index contributed by atoms with van der Waals surface area (Å²) in [6.45, 7) is 13.0. The smallest absolute Gasteiger partial charge is 0.130 e. The van der Waals surface area contributed by atoms with E-state index in [1.807, 2.05) is 62.4 Å². The first-order valence-electron chi connectivity index (χ1n) is 17.4. The van der Waals surface area contributed by atoms with Gasteiger partial charge in [0.2, 0.25) is 0 Å². The maximum absolute atomic E-state index is 6.06. The fraction of sp³-hybridized carbons (Fsp3) is 0.293. The summed E-state index contributed by atoms with van der Waals surface area (Å²) in [7, 11) is 1.68. The number of para-hydroxylation sites is 1. The molecule has 0 aliphatic heterocycles. The molecule has 0 fully saturated rings. The lowest BCUT2D eigenvalue weighted by atomic mass is 10.2. The minimum atomic E-state index is 0.419. The molecule has 0 spiro atoms. The zero-order valence-electron chi connectivity index (χ0n) is 29.9. The van der Waals surface area contributed by atoms with Gasteiger partial charge < -0.3 is 9.47 Å². The zero-order valence-corrected chi connectivity index (χ0v) is 29.9. The van der Waals surface area contributed by atoms with E-state index in [4.69, 9.17) is 29.4 Å². The van der Waals surface area contributed by atoms with Crippen LogP contribution in [0.15, 0.2) is 72.8 Å². The Balaban J connectivity index is 0.000000170. The molecule has 0 saturated heterocycles. The topological polar surface area (TPSA) is 91.7 Å². The Kier molecular flexibility index (Phi) is 9.06. The molecule has 8 aromatic rings. The molecule has 9 heteroatoms. The second kappa shape index (κ2) is 13.7. The van der Waals surface area contributed by atoms with Crippen molar-refractivity contribution in [3.63, 3.8) is 0 Å². The first kappa shape index (κ1) is 33.0. The van der Waals surface area contributed by atoms with E-state index >= 15 is 0 Å². The third-order valence-corrected chi connectivity index (χ3v) is 9.11. The van der Waals surface area contributed by atoms with Crippen LogP contribution in [0.4, 0.5) is 0 Å². The van der Waals surface area contributed by atoms with Crippen molar-refractivity contribution < 1.29 is 9.47 Å². The van der Waals surface area contributed by atoms with Gasteiger partial charge in [-0.15, -0.1) is 0 Å². The third kappa shape index (κ3) is 6.08. The molecule has 0 aliphatic carbocycles. The van der Waals surface area contributed by atoms with Crippen LogP contribution in [0.3, 0.4) is 0 Å². The van der Waals surface area contributed by atoms with Gasteiger partial charge >= 0.3 is 0 Å². The minimum Gasteiger partial charge on any atom is -0.497 e. The maximum Gasteiger partial charge on any atom is 0.130 e. The second-order valence-corrected chi connectivity index (χ2v) is 12.8. The van der Waals surface area contributed by atoms with Gasteiger partial charge in [0.15, 0.2) is 0 Å². The van der Waals surface area contributed by atoms with Gasteiger partial charge in [0.25, 0.3) is 0 Å². The van der Waals surface area contributed by atoms with E-state index in [-0.39, 0.29) is 0 Å². The zero-order chi connectivity index (χ0) is 34.9. The van der Waals surface area contributed by atoms with Crippen molar-refractivity contribution in [3.8, 4) is 11.5 Å². The number of hydrogen-bond donors (Lipinski definition) is 0. The fourth-order valence-corrected chi connectivity index (χ4v) is 6.92. The Morgan fingerprint density at radius 1 is 0.560 bits per heavy atom. The van der Waals surface area contributed by atoms with Crippen molar-refractivity contribution in [2.45, 2.75) is 73.8 Å². The van der Waals surface area contributed by atoms with Crippen molar-refractivity contribution in [1.82, 2.24) is 33.7 Å². The molecule has 3 aromatic carbocycles. The molecule has 0 radical (unpaired) electrons. The summed E-state index contributed by atoms with van der Waals surface area (Å²) < 4.78 is 15.8. The Hall–Kier alpha value is -5.57. The van der Waals surface area contributed by atoms with Crippen LogP contribution in [-0.2, 0) is 19.4 Å². The number of aromatic nitrogens is 7. The molecule has 0 aliphatic rings. The monoisotopic (exact) mass is 665 g/mol. The Morgan fingerprint density at radius 2 is 1.10 bits per heavy atom. The average Bonchev–Trinajstić information content (AvgIpc) is 3.63. The Bertz CT molecular complexity index is 2510. The number of nitrogens with zero attached hydrogens (tertiary/aromatic N) is 7. The van der Waals surface area contributed by atoms with E-state index in [9.17, 15) is 0 Å². The molecule has 0 saturated carbocycles. The summed E-state index contributed by atoms with van der Waals surface area (Å²) in [5, 5.41) is 1.13. The van der Waals surface area contributed by atoms with E-state index in [1.54, 1.807) is 7.11 Å². The summed E-state index contributed by atoms with van der Waals surface area (Å²) >= 11 is 0. The summed E-state index contributed by atoms with van der Waals surface area (Å²) in [6, 6.07) is 24.3. The number of hydrogen-bond acceptors (Lipinski definition) is 7. The standard InChI is InChI=1S/C25H24N4O.C16H19N3O/c1-4-7-24-27-17(3)25-16(2)26-22-14-20(12-13-23(22)29(24)25)30-15-19-11-10-18-8-5-6-9-21(18)28-19;1-5-6-15-18-11(3)16-10(2)17-13-9-12(20-4)7-8-14(13)19(15)16/h5-6,8-14H,4,7,15H2,1-3H3;7-9H,5-6H2,1-4H3. The number of benzene rings is 3. The van der Waals surface area contributed by atoms with Crippen molar-refractivity contribution in [2.24, 2.45) is 0 Å². The molecule has 0 amide bonds. The lowest BCUT2D eigenvalue weighted by Gasteiger charge is -2.11. The van der Waals surface area contributed by atoms with Gasteiger partial charge in [0, 0.05) is 30.4 Å². The average molecular weight is 666 g/mol. The van der Waals surface area contributed by atoms with Crippen molar-refractivity contribution >= 4 is 44.0 Å². The predicted octanol–water partition coefficient (Wildman–Crippen LogP) is 9.04. The lowest BCUT2D eigenvalue weighted by molar-refractivity contribution is 0.302. The summed E-state index contributed by atoms with van der Waals surface area (Å²) in [5.74, 6) is 3.82. The molecule has 0 N–H and O–H groups in total. The van der Waals surface area contributed by atoms with Gasteiger partial charge in [-0.3, -0.25) is 8.80 Å². The van der Waals surface area contributed by atoms with Gasteiger partial charge in [-0.1, -0.05) is 38.1 Å². The molecule has 0 atom stereocenters. The highest BCUT2D eigenvalue weighted by Crippen LogP contribution is 2.28. The molecular formula is C41H43N7O2. The first-order chi connectivity index (χ1) is 24.3. The fourth-order valence-electron chi connectivity index (χ4n) is 6.92. The van der Waals surface area contributed by atoms with Crippen LogP contribution in [0.1, 0.15) is 66.8 Å².